The molecule has 0 amide bonds. The summed E-state index contributed by atoms with van der Waals surface area (Å²) in [5.74, 6) is 0.422. The van der Waals surface area contributed by atoms with Crippen LogP contribution in [-0.2, 0) is 19.3 Å². The third-order valence-corrected chi connectivity index (χ3v) is 22.9. The van der Waals surface area contributed by atoms with Crippen LogP contribution in [-0.4, -0.2) is 113 Å². The van der Waals surface area contributed by atoms with Crippen LogP contribution in [0.1, 0.15) is 123 Å². The van der Waals surface area contributed by atoms with Crippen LogP contribution in [0, 0.1) is 61.8 Å². The lowest BCUT2D eigenvalue weighted by molar-refractivity contribution is 0.0667. The number of nitrogens with zero attached hydrogens (tertiary/aromatic N) is 3. The minimum atomic E-state index is -0.678. The SMILES string of the molecule is CC/C(=C(\C1=Cc2cc(F)ccc2C1)c1ccc(OCCN2CC(CF)C2)cc1)c1ccc(C)cc1Cl.CC/C(=C(\C1=Cc2ccc(F)cc2C1)c1ccc(OCCN2CC(CF)C2)cc1)c1ccc(C)cc1Cl.CC/C(=C(\C1=Cc2ccccc2C1)c1c(F)cc(OCCN2CC(CF)C2)cc1F)c1ccc(C)cc1Cl. The summed E-state index contributed by atoms with van der Waals surface area (Å²) in [4.78, 5) is 6.49. The highest BCUT2D eigenvalue weighted by Gasteiger charge is 2.32. The Hall–Kier alpha value is -8.92. The van der Waals surface area contributed by atoms with E-state index in [9.17, 15) is 22.0 Å². The second-order valence-corrected chi connectivity index (χ2v) is 31.4. The predicted molar refractivity (Wildman–Crippen MR) is 448 cm³/mol. The molecule has 0 atom stereocenters. The van der Waals surface area contributed by atoms with Gasteiger partial charge < -0.3 is 14.2 Å². The third-order valence-electron chi connectivity index (χ3n) is 22.0. The molecule has 3 aliphatic carbocycles. The Morgan fingerprint density at radius 2 is 0.741 bits per heavy atom. The molecule has 0 unspecified atom stereocenters. The fraction of sp³-hybridized carbons (Fsp3) is 0.312. The summed E-state index contributed by atoms with van der Waals surface area (Å²) < 4.78 is 115. The number of fused-ring (bicyclic) bond motifs is 3. The molecule has 3 fully saturated rings. The van der Waals surface area contributed by atoms with Crippen LogP contribution < -0.4 is 14.2 Å². The largest absolute Gasteiger partial charge is 0.492 e. The van der Waals surface area contributed by atoms with Crippen LogP contribution in [0.15, 0.2) is 193 Å². The Balaban J connectivity index is 0.000000147. The van der Waals surface area contributed by atoms with E-state index in [0.717, 1.165) is 191 Å². The monoisotopic (exact) mass is 1580 g/mol. The van der Waals surface area contributed by atoms with E-state index in [-0.39, 0.29) is 67.3 Å². The minimum Gasteiger partial charge on any atom is -0.492 e. The number of hydrogen-bond donors (Lipinski definition) is 0. The minimum absolute atomic E-state index is 0.0709. The summed E-state index contributed by atoms with van der Waals surface area (Å²) in [6, 6.07) is 55.0. The van der Waals surface area contributed by atoms with Crippen LogP contribution in [0.3, 0.4) is 0 Å². The van der Waals surface area contributed by atoms with Gasteiger partial charge in [-0.2, -0.15) is 0 Å². The summed E-state index contributed by atoms with van der Waals surface area (Å²) in [7, 11) is 0. The van der Waals surface area contributed by atoms with E-state index in [0.29, 0.717) is 62.7 Å². The first-order chi connectivity index (χ1) is 54.3. The van der Waals surface area contributed by atoms with Crippen LogP contribution in [0.4, 0.5) is 30.7 Å². The number of alkyl halides is 3. The van der Waals surface area contributed by atoms with Crippen molar-refractivity contribution in [1.29, 1.82) is 0 Å². The van der Waals surface area contributed by atoms with Gasteiger partial charge in [0.1, 0.15) is 60.3 Å². The molecule has 6 aliphatic rings. The molecule has 16 heteroatoms. The summed E-state index contributed by atoms with van der Waals surface area (Å²) in [6.07, 6.45) is 10.4. The van der Waals surface area contributed by atoms with Gasteiger partial charge in [0.05, 0.1) is 25.6 Å². The molecule has 3 aliphatic heterocycles. The highest BCUT2D eigenvalue weighted by molar-refractivity contribution is 6.34. The second kappa shape index (κ2) is 37.4. The van der Waals surface area contributed by atoms with Crippen molar-refractivity contribution in [2.45, 2.75) is 80.1 Å². The van der Waals surface area contributed by atoms with Gasteiger partial charge in [0, 0.05) is 104 Å². The van der Waals surface area contributed by atoms with Crippen molar-refractivity contribution >= 4 is 86.5 Å². The Kier molecular flexibility index (Phi) is 27.1. The lowest BCUT2D eigenvalue weighted by Crippen LogP contribution is -2.49. The first-order valence-corrected chi connectivity index (χ1v) is 40.1. The Labute approximate surface area is 670 Å². The van der Waals surface area contributed by atoms with E-state index in [4.69, 9.17) is 49.0 Å². The molecular weight excluding hydrogens is 1480 g/mol. The molecule has 0 aromatic heterocycles. The average Bonchev–Trinajstić information content (AvgIpc) is 1.28. The van der Waals surface area contributed by atoms with E-state index in [2.05, 4.69) is 89.2 Å². The molecule has 15 rings (SSSR count). The third kappa shape index (κ3) is 19.3. The van der Waals surface area contributed by atoms with Gasteiger partial charge in [-0.1, -0.05) is 171 Å². The molecule has 582 valence electrons. The molecule has 3 heterocycles. The summed E-state index contributed by atoms with van der Waals surface area (Å²) >= 11 is 20.2. The average molecular weight is 1580 g/mol. The number of aryl methyl sites for hydroxylation is 3. The maximum atomic E-state index is 15.8. The molecule has 6 nitrogen and oxygen atoms in total. The molecule has 0 bridgehead atoms. The zero-order valence-electron chi connectivity index (χ0n) is 64.4. The quantitative estimate of drug-likeness (QED) is 0.0377. The fourth-order valence-corrected chi connectivity index (χ4v) is 17.2. The predicted octanol–water partition coefficient (Wildman–Crippen LogP) is 24.2. The van der Waals surface area contributed by atoms with Gasteiger partial charge in [-0.05, 0) is 254 Å². The van der Waals surface area contributed by atoms with Crippen molar-refractivity contribution in [1.82, 2.24) is 14.7 Å². The maximum absolute atomic E-state index is 15.8. The number of ether oxygens (including phenoxy) is 3. The zero-order chi connectivity index (χ0) is 78.7. The topological polar surface area (TPSA) is 37.4 Å². The number of benzene rings is 9. The lowest BCUT2D eigenvalue weighted by Gasteiger charge is -2.37. The Morgan fingerprint density at radius 1 is 0.375 bits per heavy atom. The first kappa shape index (κ1) is 81.1. The zero-order valence-corrected chi connectivity index (χ0v) is 66.7. The second-order valence-electron chi connectivity index (χ2n) is 30.2. The van der Waals surface area contributed by atoms with Gasteiger partial charge in [0.25, 0.3) is 0 Å². The van der Waals surface area contributed by atoms with Crippen LogP contribution in [0.5, 0.6) is 17.2 Å². The van der Waals surface area contributed by atoms with Gasteiger partial charge in [0.2, 0.25) is 0 Å². The molecule has 9 aromatic rings. The van der Waals surface area contributed by atoms with Crippen molar-refractivity contribution in [2.75, 3.05) is 98.7 Å². The maximum Gasteiger partial charge on any atom is 0.137 e. The van der Waals surface area contributed by atoms with Crippen LogP contribution in [0.25, 0.3) is 51.7 Å². The molecule has 9 aromatic carbocycles. The highest BCUT2D eigenvalue weighted by Crippen LogP contribution is 2.47. The van der Waals surface area contributed by atoms with Crippen LogP contribution >= 0.6 is 34.8 Å². The number of allylic oxidation sites excluding steroid dienone is 9. The molecule has 0 N–H and O–H groups in total. The van der Waals surface area contributed by atoms with E-state index in [1.165, 1.54) is 35.4 Å². The highest BCUT2D eigenvalue weighted by atomic mass is 35.5. The van der Waals surface area contributed by atoms with Crippen molar-refractivity contribution in [3.63, 3.8) is 0 Å². The lowest BCUT2D eigenvalue weighted by atomic mass is 9.86. The molecule has 0 spiro atoms. The van der Waals surface area contributed by atoms with Gasteiger partial charge >= 0.3 is 0 Å². The van der Waals surface area contributed by atoms with E-state index >= 15 is 8.78 Å². The summed E-state index contributed by atoms with van der Waals surface area (Å²) in [5, 5.41) is 2.02. The summed E-state index contributed by atoms with van der Waals surface area (Å²) in [6.45, 7) is 19.8. The van der Waals surface area contributed by atoms with E-state index < -0.39 is 11.6 Å². The Morgan fingerprint density at radius 3 is 1.16 bits per heavy atom. The van der Waals surface area contributed by atoms with Crippen molar-refractivity contribution in [3.8, 4) is 17.2 Å². The van der Waals surface area contributed by atoms with Gasteiger partial charge in [-0.25, -0.2) is 17.6 Å². The first-order valence-electron chi connectivity index (χ1n) is 39.0. The van der Waals surface area contributed by atoms with Gasteiger partial charge in [-0.3, -0.25) is 27.9 Å². The number of hydrogen-bond acceptors (Lipinski definition) is 6. The van der Waals surface area contributed by atoms with Crippen molar-refractivity contribution in [3.05, 3.63) is 314 Å². The van der Waals surface area contributed by atoms with E-state index in [1.807, 2.05) is 125 Å². The van der Waals surface area contributed by atoms with Gasteiger partial charge in [0.15, 0.2) is 0 Å². The smallest absolute Gasteiger partial charge is 0.137 e. The van der Waals surface area contributed by atoms with E-state index in [1.54, 1.807) is 12.1 Å². The van der Waals surface area contributed by atoms with Crippen molar-refractivity contribution in [2.24, 2.45) is 17.8 Å². The normalized spacial score (nSPS) is 16.2. The molecule has 3 saturated heterocycles. The molecule has 0 saturated carbocycles. The Bertz CT molecular complexity index is 5060. The van der Waals surface area contributed by atoms with Crippen LogP contribution in [0.2, 0.25) is 15.1 Å². The number of halogens is 10. The standard InChI is InChI=1S/C32H31ClF3NO.2C32H32ClF2NO/c1-3-26(27-9-8-20(2)12-28(27)33)31(24-13-22-6-4-5-7-23(22)14-24)32-29(35)15-25(16-30(32)36)38-11-10-37-18-21(17-34)19-37;2*1-3-29(30-11-4-21(2)14-31(30)33)32(26-15-24-5-8-27(35)17-25(24)16-26)23-6-9-28(10-7-23)37-13-12-36-19-22(18-34)20-36/h4-9,12-13,15-16,21H,3,10-11,14,17-19H2,1-2H3;4-11,14,16-17,22H,3,12-13,15,18-20H2,1-2H3;4-11,14-15,17,22H,3,12-13,16,18-20H2,1-2H3/b31-26-;2*32-29+. The van der Waals surface area contributed by atoms with Gasteiger partial charge in [-0.15, -0.1) is 0 Å². The fourth-order valence-electron chi connectivity index (χ4n) is 16.1. The van der Waals surface area contributed by atoms with Crippen molar-refractivity contribution < 1.29 is 44.9 Å². The number of likely N-dealkylation sites (tertiary alicyclic amines) is 3. The number of rotatable bonds is 27. The molecule has 0 radical (unpaired) electrons. The summed E-state index contributed by atoms with van der Waals surface area (Å²) in [5.41, 5.74) is 23.5. The molecular formula is C96H95Cl3F7N3O3. The molecule has 112 heavy (non-hydrogen) atoms.